The standard InChI is InChI=1S/C13H26N2O/c1-2-3-4-5-6-8-12(16)15-11-13(14)9-7-10-13/h2-11,14H2,1H3,(H,15,16). The topological polar surface area (TPSA) is 55.1 Å². The van der Waals surface area contributed by atoms with Crippen molar-refractivity contribution in [3.05, 3.63) is 0 Å². The van der Waals surface area contributed by atoms with Crippen LogP contribution in [0.2, 0.25) is 0 Å². The summed E-state index contributed by atoms with van der Waals surface area (Å²) in [6.45, 7) is 2.87. The molecule has 1 rings (SSSR count). The van der Waals surface area contributed by atoms with Gasteiger partial charge in [0, 0.05) is 18.5 Å². The molecule has 16 heavy (non-hydrogen) atoms. The summed E-state index contributed by atoms with van der Waals surface area (Å²) in [6, 6.07) is 0. The average Bonchev–Trinajstić information content (AvgIpc) is 2.23. The van der Waals surface area contributed by atoms with E-state index in [2.05, 4.69) is 12.2 Å². The molecule has 1 aliphatic carbocycles. The van der Waals surface area contributed by atoms with Crippen molar-refractivity contribution >= 4 is 5.91 Å². The van der Waals surface area contributed by atoms with Crippen LogP contribution >= 0.6 is 0 Å². The van der Waals surface area contributed by atoms with Gasteiger partial charge in [-0.05, 0) is 25.7 Å². The first-order valence-corrected chi connectivity index (χ1v) is 6.72. The van der Waals surface area contributed by atoms with Crippen molar-refractivity contribution in [3.8, 4) is 0 Å². The third-order valence-corrected chi connectivity index (χ3v) is 3.49. The van der Waals surface area contributed by atoms with Crippen molar-refractivity contribution in [1.82, 2.24) is 5.32 Å². The number of carbonyl (C=O) groups excluding carboxylic acids is 1. The normalized spacial score (nSPS) is 17.9. The average molecular weight is 226 g/mol. The van der Waals surface area contributed by atoms with E-state index in [1.54, 1.807) is 0 Å². The number of hydrogen-bond acceptors (Lipinski definition) is 2. The maximum Gasteiger partial charge on any atom is 0.220 e. The van der Waals surface area contributed by atoms with E-state index in [1.807, 2.05) is 0 Å². The number of nitrogens with one attached hydrogen (secondary N) is 1. The summed E-state index contributed by atoms with van der Waals surface area (Å²) >= 11 is 0. The number of nitrogens with two attached hydrogens (primary N) is 1. The molecule has 0 atom stereocenters. The van der Waals surface area contributed by atoms with E-state index in [1.165, 1.54) is 32.1 Å². The Morgan fingerprint density at radius 2 is 1.94 bits per heavy atom. The van der Waals surface area contributed by atoms with Crippen LogP contribution in [0, 0.1) is 0 Å². The fourth-order valence-corrected chi connectivity index (χ4v) is 2.06. The summed E-state index contributed by atoms with van der Waals surface area (Å²) in [5.41, 5.74) is 5.95. The molecule has 3 N–H and O–H groups in total. The van der Waals surface area contributed by atoms with E-state index in [4.69, 9.17) is 5.73 Å². The first-order valence-electron chi connectivity index (χ1n) is 6.72. The Morgan fingerprint density at radius 3 is 2.50 bits per heavy atom. The Bertz CT molecular complexity index is 212. The maximum atomic E-state index is 11.5. The first kappa shape index (κ1) is 13.5. The molecule has 0 unspecified atom stereocenters. The summed E-state index contributed by atoms with van der Waals surface area (Å²) in [4.78, 5) is 11.5. The highest BCUT2D eigenvalue weighted by Crippen LogP contribution is 2.27. The van der Waals surface area contributed by atoms with E-state index in [0.717, 1.165) is 19.3 Å². The summed E-state index contributed by atoms with van der Waals surface area (Å²) in [5.74, 6) is 0.174. The Hall–Kier alpha value is -0.570. The van der Waals surface area contributed by atoms with Gasteiger partial charge in [-0.15, -0.1) is 0 Å². The lowest BCUT2D eigenvalue weighted by Gasteiger charge is -2.38. The van der Waals surface area contributed by atoms with Crippen molar-refractivity contribution in [2.24, 2.45) is 5.73 Å². The molecule has 3 heteroatoms. The van der Waals surface area contributed by atoms with Crippen LogP contribution in [0.25, 0.3) is 0 Å². The number of amides is 1. The second-order valence-electron chi connectivity index (χ2n) is 5.16. The van der Waals surface area contributed by atoms with Gasteiger partial charge < -0.3 is 11.1 Å². The number of hydrogen-bond donors (Lipinski definition) is 2. The molecule has 0 aromatic heterocycles. The van der Waals surface area contributed by atoms with E-state index in [-0.39, 0.29) is 11.4 Å². The Kier molecular flexibility index (Phi) is 5.81. The van der Waals surface area contributed by atoms with Gasteiger partial charge >= 0.3 is 0 Å². The lowest BCUT2D eigenvalue weighted by molar-refractivity contribution is -0.121. The Morgan fingerprint density at radius 1 is 1.25 bits per heavy atom. The summed E-state index contributed by atoms with van der Waals surface area (Å²) < 4.78 is 0. The smallest absolute Gasteiger partial charge is 0.220 e. The molecule has 0 radical (unpaired) electrons. The lowest BCUT2D eigenvalue weighted by Crippen LogP contribution is -2.54. The molecule has 0 saturated heterocycles. The Balaban J connectivity index is 1.94. The number of unbranched alkanes of at least 4 members (excludes halogenated alkanes) is 4. The molecule has 0 aromatic rings. The first-order chi connectivity index (χ1) is 7.66. The largest absolute Gasteiger partial charge is 0.354 e. The van der Waals surface area contributed by atoms with Crippen molar-refractivity contribution in [2.45, 2.75) is 70.3 Å². The Labute approximate surface area is 99.2 Å². The highest BCUT2D eigenvalue weighted by Gasteiger charge is 2.32. The quantitative estimate of drug-likeness (QED) is 0.624. The second kappa shape index (κ2) is 6.89. The van der Waals surface area contributed by atoms with Crippen LogP contribution in [-0.4, -0.2) is 18.0 Å². The molecule has 0 aliphatic heterocycles. The number of carbonyl (C=O) groups is 1. The highest BCUT2D eigenvalue weighted by molar-refractivity contribution is 5.75. The monoisotopic (exact) mass is 226 g/mol. The lowest BCUT2D eigenvalue weighted by atomic mass is 9.78. The van der Waals surface area contributed by atoms with Crippen LogP contribution in [0.15, 0.2) is 0 Å². The minimum Gasteiger partial charge on any atom is -0.354 e. The number of rotatable bonds is 8. The summed E-state index contributed by atoms with van der Waals surface area (Å²) in [7, 11) is 0. The van der Waals surface area contributed by atoms with Gasteiger partial charge in [0.1, 0.15) is 0 Å². The van der Waals surface area contributed by atoms with Gasteiger partial charge in [-0.1, -0.05) is 32.6 Å². The van der Waals surface area contributed by atoms with Gasteiger partial charge in [0.05, 0.1) is 0 Å². The van der Waals surface area contributed by atoms with Crippen molar-refractivity contribution in [3.63, 3.8) is 0 Å². The zero-order valence-corrected chi connectivity index (χ0v) is 10.6. The molecule has 1 aliphatic rings. The van der Waals surface area contributed by atoms with E-state index < -0.39 is 0 Å². The minimum absolute atomic E-state index is 0.0854. The third kappa shape index (κ3) is 4.97. The predicted molar refractivity (Wildman–Crippen MR) is 67.2 cm³/mol. The van der Waals surface area contributed by atoms with E-state index in [9.17, 15) is 4.79 Å². The third-order valence-electron chi connectivity index (χ3n) is 3.49. The molecular weight excluding hydrogens is 200 g/mol. The molecule has 0 bridgehead atoms. The fraction of sp³-hybridized carbons (Fsp3) is 0.923. The molecule has 1 amide bonds. The van der Waals surface area contributed by atoms with E-state index in [0.29, 0.717) is 13.0 Å². The van der Waals surface area contributed by atoms with Crippen LogP contribution in [0.5, 0.6) is 0 Å². The maximum absolute atomic E-state index is 11.5. The van der Waals surface area contributed by atoms with Crippen molar-refractivity contribution < 1.29 is 4.79 Å². The van der Waals surface area contributed by atoms with Gasteiger partial charge in [-0.2, -0.15) is 0 Å². The van der Waals surface area contributed by atoms with Gasteiger partial charge in [-0.3, -0.25) is 4.79 Å². The second-order valence-corrected chi connectivity index (χ2v) is 5.16. The van der Waals surface area contributed by atoms with Crippen LogP contribution in [0.3, 0.4) is 0 Å². The summed E-state index contributed by atoms with van der Waals surface area (Å²) in [6.07, 6.45) is 9.98. The fourth-order valence-electron chi connectivity index (χ4n) is 2.06. The molecule has 0 spiro atoms. The molecular formula is C13H26N2O. The van der Waals surface area contributed by atoms with Crippen LogP contribution in [0.4, 0.5) is 0 Å². The summed E-state index contributed by atoms with van der Waals surface area (Å²) in [5, 5.41) is 2.95. The molecule has 94 valence electrons. The van der Waals surface area contributed by atoms with E-state index >= 15 is 0 Å². The molecule has 0 aromatic carbocycles. The predicted octanol–water partition coefficient (Wildman–Crippen LogP) is 2.34. The van der Waals surface area contributed by atoms with Gasteiger partial charge in [0.2, 0.25) is 5.91 Å². The van der Waals surface area contributed by atoms with Gasteiger partial charge in [-0.25, -0.2) is 0 Å². The zero-order chi connectivity index (χ0) is 11.9. The molecule has 0 heterocycles. The van der Waals surface area contributed by atoms with Gasteiger partial charge in [0.15, 0.2) is 0 Å². The van der Waals surface area contributed by atoms with Crippen LogP contribution in [-0.2, 0) is 4.79 Å². The minimum atomic E-state index is -0.0854. The van der Waals surface area contributed by atoms with Crippen molar-refractivity contribution in [1.29, 1.82) is 0 Å². The molecule has 1 saturated carbocycles. The van der Waals surface area contributed by atoms with Crippen molar-refractivity contribution in [2.75, 3.05) is 6.54 Å². The molecule has 3 nitrogen and oxygen atoms in total. The van der Waals surface area contributed by atoms with Crippen LogP contribution < -0.4 is 11.1 Å². The molecule has 1 fully saturated rings. The SMILES string of the molecule is CCCCCCCC(=O)NCC1(N)CCC1. The highest BCUT2D eigenvalue weighted by atomic mass is 16.1. The zero-order valence-electron chi connectivity index (χ0n) is 10.6. The van der Waals surface area contributed by atoms with Gasteiger partial charge in [0.25, 0.3) is 0 Å². The van der Waals surface area contributed by atoms with Crippen LogP contribution in [0.1, 0.15) is 64.7 Å².